The summed E-state index contributed by atoms with van der Waals surface area (Å²) in [5, 5.41) is 0.0353. The number of hydrogen-bond donors (Lipinski definition) is 0. The van der Waals surface area contributed by atoms with Crippen molar-refractivity contribution >= 4 is 16.7 Å². The number of esters is 1. The number of carbonyl (C=O) groups is 1. The van der Waals surface area contributed by atoms with E-state index in [-0.39, 0.29) is 16.5 Å². The summed E-state index contributed by atoms with van der Waals surface area (Å²) in [6.45, 7) is 2.14. The van der Waals surface area contributed by atoms with Gasteiger partial charge in [-0.1, -0.05) is 31.9 Å². The molecule has 0 saturated heterocycles. The summed E-state index contributed by atoms with van der Waals surface area (Å²) in [7, 11) is 0. The van der Waals surface area contributed by atoms with Crippen LogP contribution in [-0.2, 0) is 6.42 Å². The Hall–Kier alpha value is -2.82. The van der Waals surface area contributed by atoms with Gasteiger partial charge in [-0.05, 0) is 60.2 Å². The van der Waals surface area contributed by atoms with E-state index in [9.17, 15) is 18.0 Å². The van der Waals surface area contributed by atoms with Gasteiger partial charge in [0.1, 0.15) is 5.75 Å². The van der Waals surface area contributed by atoms with Crippen LogP contribution >= 0.6 is 0 Å². The average molecular weight is 372 g/mol. The van der Waals surface area contributed by atoms with Crippen molar-refractivity contribution in [2.75, 3.05) is 0 Å². The van der Waals surface area contributed by atoms with E-state index < -0.39 is 23.4 Å². The smallest absolute Gasteiger partial charge is 0.343 e. The van der Waals surface area contributed by atoms with E-state index in [0.29, 0.717) is 5.56 Å². The van der Waals surface area contributed by atoms with Crippen LogP contribution in [0.4, 0.5) is 13.2 Å². The minimum atomic E-state index is -1.52. The van der Waals surface area contributed by atoms with Gasteiger partial charge in [0.25, 0.3) is 0 Å². The normalized spacial score (nSPS) is 11.0. The van der Waals surface area contributed by atoms with Gasteiger partial charge in [-0.3, -0.25) is 0 Å². The first-order valence-corrected chi connectivity index (χ1v) is 8.88. The summed E-state index contributed by atoms with van der Waals surface area (Å²) in [6.07, 6.45) is 4.38. The van der Waals surface area contributed by atoms with Crippen LogP contribution in [0, 0.1) is 17.5 Å². The SMILES string of the molecule is CCCCCc1ccc(C(=O)Oc2ccc3c(F)c(F)c(F)cc3c2)cc1. The fraction of sp³-hybridized carbons (Fsp3) is 0.227. The molecule has 3 aromatic carbocycles. The fourth-order valence-electron chi connectivity index (χ4n) is 2.90. The molecular weight excluding hydrogens is 353 g/mol. The molecule has 0 N–H and O–H groups in total. The maximum absolute atomic E-state index is 13.7. The Morgan fingerprint density at radius 1 is 0.926 bits per heavy atom. The number of aryl methyl sites for hydroxylation is 1. The maximum Gasteiger partial charge on any atom is 0.343 e. The molecule has 0 heterocycles. The molecule has 140 valence electrons. The van der Waals surface area contributed by atoms with Crippen molar-refractivity contribution in [3.8, 4) is 5.75 Å². The van der Waals surface area contributed by atoms with Crippen LogP contribution in [0.15, 0.2) is 48.5 Å². The summed E-state index contributed by atoms with van der Waals surface area (Å²) in [6, 6.07) is 11.9. The summed E-state index contributed by atoms with van der Waals surface area (Å²) in [4.78, 5) is 12.3. The largest absolute Gasteiger partial charge is 0.423 e. The van der Waals surface area contributed by atoms with Gasteiger partial charge in [-0.2, -0.15) is 0 Å². The van der Waals surface area contributed by atoms with E-state index >= 15 is 0 Å². The van der Waals surface area contributed by atoms with E-state index in [1.165, 1.54) is 18.2 Å². The molecule has 0 aliphatic rings. The number of ether oxygens (including phenoxy) is 1. The Balaban J connectivity index is 1.74. The minimum Gasteiger partial charge on any atom is -0.423 e. The molecule has 27 heavy (non-hydrogen) atoms. The minimum absolute atomic E-state index is 0.0786. The molecule has 0 fully saturated rings. The summed E-state index contributed by atoms with van der Waals surface area (Å²) in [5.74, 6) is -4.52. The number of carbonyl (C=O) groups excluding carboxylic acids is 1. The zero-order valence-electron chi connectivity index (χ0n) is 14.9. The van der Waals surface area contributed by atoms with Crippen LogP contribution < -0.4 is 4.74 Å². The molecule has 3 rings (SSSR count). The predicted octanol–water partition coefficient (Wildman–Crippen LogP) is 6.21. The van der Waals surface area contributed by atoms with Gasteiger partial charge < -0.3 is 4.74 Å². The molecule has 2 nitrogen and oxygen atoms in total. The topological polar surface area (TPSA) is 26.3 Å². The quantitative estimate of drug-likeness (QED) is 0.223. The van der Waals surface area contributed by atoms with Crippen molar-refractivity contribution in [2.45, 2.75) is 32.6 Å². The summed E-state index contributed by atoms with van der Waals surface area (Å²) < 4.78 is 45.7. The monoisotopic (exact) mass is 372 g/mol. The van der Waals surface area contributed by atoms with Crippen molar-refractivity contribution < 1.29 is 22.7 Å². The number of hydrogen-bond acceptors (Lipinski definition) is 2. The van der Waals surface area contributed by atoms with E-state index in [2.05, 4.69) is 6.92 Å². The van der Waals surface area contributed by atoms with Gasteiger partial charge in [0.05, 0.1) is 5.56 Å². The van der Waals surface area contributed by atoms with Crippen LogP contribution in [0.25, 0.3) is 10.8 Å². The van der Waals surface area contributed by atoms with Crippen LogP contribution in [0.2, 0.25) is 0 Å². The Bertz CT molecular complexity index is 965. The molecular formula is C22H19F3O2. The molecule has 0 aliphatic heterocycles. The van der Waals surface area contributed by atoms with Crippen LogP contribution in [0.3, 0.4) is 0 Å². The van der Waals surface area contributed by atoms with Crippen molar-refractivity contribution in [2.24, 2.45) is 0 Å². The molecule has 5 heteroatoms. The first-order chi connectivity index (χ1) is 13.0. The molecule has 0 aromatic heterocycles. The van der Waals surface area contributed by atoms with Crippen molar-refractivity contribution in [1.29, 1.82) is 0 Å². The lowest BCUT2D eigenvalue weighted by molar-refractivity contribution is 0.0735. The molecule has 0 saturated carbocycles. The zero-order valence-corrected chi connectivity index (χ0v) is 14.9. The Morgan fingerprint density at radius 2 is 1.67 bits per heavy atom. The number of rotatable bonds is 6. The Morgan fingerprint density at radius 3 is 2.37 bits per heavy atom. The second-order valence-electron chi connectivity index (χ2n) is 6.41. The van der Waals surface area contributed by atoms with Crippen LogP contribution in [0.1, 0.15) is 42.1 Å². The number of halogens is 3. The standard InChI is InChI=1S/C22H19F3O2/c1-2-3-4-5-14-6-8-15(9-7-14)22(26)27-17-10-11-18-16(12-17)13-19(23)21(25)20(18)24/h6-13H,2-5H2,1H3. The molecule has 3 aromatic rings. The lowest BCUT2D eigenvalue weighted by Gasteiger charge is -2.08. The number of benzene rings is 3. The van der Waals surface area contributed by atoms with Crippen LogP contribution in [-0.4, -0.2) is 5.97 Å². The van der Waals surface area contributed by atoms with Crippen molar-refractivity contribution in [3.05, 3.63) is 77.1 Å². The molecule has 0 aliphatic carbocycles. The second-order valence-corrected chi connectivity index (χ2v) is 6.41. The van der Waals surface area contributed by atoms with Crippen molar-refractivity contribution in [3.63, 3.8) is 0 Å². The summed E-state index contributed by atoms with van der Waals surface area (Å²) in [5.41, 5.74) is 1.53. The highest BCUT2D eigenvalue weighted by Crippen LogP contribution is 2.27. The van der Waals surface area contributed by atoms with Gasteiger partial charge in [0.15, 0.2) is 17.5 Å². The third-order valence-corrected chi connectivity index (χ3v) is 4.41. The highest BCUT2D eigenvalue weighted by atomic mass is 19.2. The van der Waals surface area contributed by atoms with Gasteiger partial charge in [-0.25, -0.2) is 18.0 Å². The van der Waals surface area contributed by atoms with Gasteiger partial charge in [-0.15, -0.1) is 0 Å². The highest BCUT2D eigenvalue weighted by Gasteiger charge is 2.15. The zero-order chi connectivity index (χ0) is 19.4. The van der Waals surface area contributed by atoms with Crippen LogP contribution in [0.5, 0.6) is 5.75 Å². The average Bonchev–Trinajstić information content (AvgIpc) is 2.67. The molecule has 0 atom stereocenters. The second kappa shape index (κ2) is 8.25. The predicted molar refractivity (Wildman–Crippen MR) is 98.5 cm³/mol. The van der Waals surface area contributed by atoms with Gasteiger partial charge in [0.2, 0.25) is 0 Å². The molecule has 0 bridgehead atoms. The van der Waals surface area contributed by atoms with E-state index in [1.807, 2.05) is 12.1 Å². The summed E-state index contributed by atoms with van der Waals surface area (Å²) >= 11 is 0. The first-order valence-electron chi connectivity index (χ1n) is 8.88. The first kappa shape index (κ1) is 19.0. The Labute approximate surface area is 155 Å². The maximum atomic E-state index is 13.7. The van der Waals surface area contributed by atoms with Crippen molar-refractivity contribution in [1.82, 2.24) is 0 Å². The van der Waals surface area contributed by atoms with E-state index in [1.54, 1.807) is 12.1 Å². The van der Waals surface area contributed by atoms with E-state index in [0.717, 1.165) is 37.3 Å². The molecule has 0 spiro atoms. The van der Waals surface area contributed by atoms with E-state index in [4.69, 9.17) is 4.74 Å². The number of fused-ring (bicyclic) bond motifs is 1. The lowest BCUT2D eigenvalue weighted by atomic mass is 10.1. The third-order valence-electron chi connectivity index (χ3n) is 4.41. The highest BCUT2D eigenvalue weighted by molar-refractivity contribution is 5.92. The van der Waals surface area contributed by atoms with Gasteiger partial charge in [0, 0.05) is 5.39 Å². The number of unbranched alkanes of at least 4 members (excludes halogenated alkanes) is 2. The lowest BCUT2D eigenvalue weighted by Crippen LogP contribution is -2.08. The fourth-order valence-corrected chi connectivity index (χ4v) is 2.90. The molecule has 0 radical (unpaired) electrons. The third kappa shape index (κ3) is 4.30. The van der Waals surface area contributed by atoms with Gasteiger partial charge >= 0.3 is 5.97 Å². The molecule has 0 amide bonds. The Kier molecular flexibility index (Phi) is 5.79. The molecule has 0 unspecified atom stereocenters.